The summed E-state index contributed by atoms with van der Waals surface area (Å²) in [6, 6.07) is 23.5. The highest BCUT2D eigenvalue weighted by Crippen LogP contribution is 2.12. The Morgan fingerprint density at radius 2 is 1.67 bits per heavy atom. The zero-order valence-corrected chi connectivity index (χ0v) is 18.1. The average molecular weight is 444 g/mol. The summed E-state index contributed by atoms with van der Waals surface area (Å²) in [7, 11) is 0. The Kier molecular flexibility index (Phi) is 8.30. The van der Waals surface area contributed by atoms with E-state index >= 15 is 0 Å². The number of rotatable bonds is 8. The van der Waals surface area contributed by atoms with Crippen LogP contribution in [0.15, 0.2) is 84.0 Å². The van der Waals surface area contributed by atoms with Crippen LogP contribution < -0.4 is 20.8 Å². The van der Waals surface area contributed by atoms with Crippen molar-refractivity contribution in [3.63, 3.8) is 0 Å². The summed E-state index contributed by atoms with van der Waals surface area (Å²) in [5.74, 6) is -1.49. The highest BCUT2D eigenvalue weighted by Gasteiger charge is 2.12. The molecule has 33 heavy (non-hydrogen) atoms. The van der Waals surface area contributed by atoms with Crippen molar-refractivity contribution in [1.82, 2.24) is 10.7 Å². The van der Waals surface area contributed by atoms with Gasteiger partial charge in [0.2, 0.25) is 0 Å². The number of ether oxygens (including phenoxy) is 1. The van der Waals surface area contributed by atoms with Crippen LogP contribution in [0.5, 0.6) is 5.75 Å². The van der Waals surface area contributed by atoms with Gasteiger partial charge in [0.25, 0.3) is 5.91 Å². The molecule has 0 spiro atoms. The lowest BCUT2D eigenvalue weighted by Crippen LogP contribution is -2.32. The van der Waals surface area contributed by atoms with E-state index in [1.165, 1.54) is 6.21 Å². The van der Waals surface area contributed by atoms with Crippen molar-refractivity contribution in [2.45, 2.75) is 13.5 Å². The maximum atomic E-state index is 12.0. The minimum Gasteiger partial charge on any atom is -0.484 e. The number of nitrogens with zero attached hydrogens (tertiary/aromatic N) is 1. The number of hydrogen-bond donors (Lipinski definition) is 3. The lowest BCUT2D eigenvalue weighted by atomic mass is 10.2. The van der Waals surface area contributed by atoms with Crippen LogP contribution >= 0.6 is 0 Å². The summed E-state index contributed by atoms with van der Waals surface area (Å²) >= 11 is 0. The predicted molar refractivity (Wildman–Crippen MR) is 126 cm³/mol. The molecule has 0 aromatic heterocycles. The molecule has 8 heteroatoms. The fourth-order valence-corrected chi connectivity index (χ4v) is 2.72. The van der Waals surface area contributed by atoms with Gasteiger partial charge in [0.15, 0.2) is 6.61 Å². The van der Waals surface area contributed by atoms with Gasteiger partial charge in [0, 0.05) is 12.2 Å². The van der Waals surface area contributed by atoms with E-state index in [0.29, 0.717) is 23.5 Å². The topological polar surface area (TPSA) is 109 Å². The van der Waals surface area contributed by atoms with Crippen LogP contribution in [0.1, 0.15) is 16.7 Å². The summed E-state index contributed by atoms with van der Waals surface area (Å²) < 4.78 is 5.51. The summed E-state index contributed by atoms with van der Waals surface area (Å²) in [4.78, 5) is 35.8. The van der Waals surface area contributed by atoms with Crippen LogP contribution in [0.3, 0.4) is 0 Å². The van der Waals surface area contributed by atoms with E-state index in [4.69, 9.17) is 4.74 Å². The lowest BCUT2D eigenvalue weighted by molar-refractivity contribution is -0.136. The molecule has 168 valence electrons. The standard InChI is InChI=1S/C25H24N4O4/c1-18-10-12-21(13-11-18)28-24(31)25(32)29-27-16-20-8-5-9-22(14-20)33-17-23(30)26-15-19-6-3-2-4-7-19/h2-14,16H,15,17H2,1H3,(H,26,30)(H,28,31)(H,29,32)/b27-16-. The molecule has 0 unspecified atom stereocenters. The van der Waals surface area contributed by atoms with Gasteiger partial charge in [0.1, 0.15) is 5.75 Å². The predicted octanol–water partition coefficient (Wildman–Crippen LogP) is 2.78. The average Bonchev–Trinajstić information content (AvgIpc) is 2.83. The molecule has 3 N–H and O–H groups in total. The third-order valence-electron chi connectivity index (χ3n) is 4.46. The van der Waals surface area contributed by atoms with E-state index in [9.17, 15) is 14.4 Å². The number of hydrogen-bond acceptors (Lipinski definition) is 5. The third-order valence-corrected chi connectivity index (χ3v) is 4.46. The van der Waals surface area contributed by atoms with E-state index in [1.54, 1.807) is 36.4 Å². The van der Waals surface area contributed by atoms with Crippen LogP contribution in [0.4, 0.5) is 5.69 Å². The van der Waals surface area contributed by atoms with Crippen LogP contribution in [-0.4, -0.2) is 30.5 Å². The second kappa shape index (κ2) is 11.8. The highest BCUT2D eigenvalue weighted by molar-refractivity contribution is 6.39. The number of anilines is 1. The zero-order valence-electron chi connectivity index (χ0n) is 18.1. The van der Waals surface area contributed by atoms with Gasteiger partial charge in [-0.2, -0.15) is 5.10 Å². The van der Waals surface area contributed by atoms with Crippen LogP contribution in [0.25, 0.3) is 0 Å². The molecule has 3 aromatic rings. The molecule has 3 amide bonds. The first-order valence-electron chi connectivity index (χ1n) is 10.2. The molecule has 3 aromatic carbocycles. The Bertz CT molecular complexity index is 1130. The van der Waals surface area contributed by atoms with Crippen molar-refractivity contribution in [1.29, 1.82) is 0 Å². The highest BCUT2D eigenvalue weighted by atomic mass is 16.5. The first-order valence-corrected chi connectivity index (χ1v) is 10.2. The molecule has 0 atom stereocenters. The normalized spacial score (nSPS) is 10.5. The van der Waals surface area contributed by atoms with Gasteiger partial charge in [0.05, 0.1) is 6.21 Å². The number of carbonyl (C=O) groups excluding carboxylic acids is 3. The number of hydrazone groups is 1. The molecule has 0 saturated heterocycles. The van der Waals surface area contributed by atoms with E-state index in [1.807, 2.05) is 49.4 Å². The molecule has 0 fully saturated rings. The Hall–Kier alpha value is -4.46. The molecule has 8 nitrogen and oxygen atoms in total. The molecule has 0 radical (unpaired) electrons. The molecule has 0 aliphatic heterocycles. The minimum absolute atomic E-state index is 0.136. The smallest absolute Gasteiger partial charge is 0.329 e. The van der Waals surface area contributed by atoms with Crippen molar-refractivity contribution in [2.24, 2.45) is 5.10 Å². The number of amides is 3. The summed E-state index contributed by atoms with van der Waals surface area (Å²) in [5, 5.41) is 9.07. The second-order valence-corrected chi connectivity index (χ2v) is 7.14. The van der Waals surface area contributed by atoms with Crippen molar-refractivity contribution < 1.29 is 19.1 Å². The van der Waals surface area contributed by atoms with Crippen molar-refractivity contribution in [3.8, 4) is 5.75 Å². The Balaban J connectivity index is 1.43. The number of aryl methyl sites for hydroxylation is 1. The molecule has 3 rings (SSSR count). The summed E-state index contributed by atoms with van der Waals surface area (Å²) in [5.41, 5.74) is 5.36. The first kappa shape index (κ1) is 23.2. The van der Waals surface area contributed by atoms with Crippen LogP contribution in [0.2, 0.25) is 0 Å². The van der Waals surface area contributed by atoms with E-state index in [2.05, 4.69) is 21.2 Å². The second-order valence-electron chi connectivity index (χ2n) is 7.14. The SMILES string of the molecule is Cc1ccc(NC(=O)C(=O)N/N=C\c2cccc(OCC(=O)NCc3ccccc3)c2)cc1. The number of carbonyl (C=O) groups is 3. The maximum Gasteiger partial charge on any atom is 0.329 e. The lowest BCUT2D eigenvalue weighted by Gasteiger charge is -2.08. The van der Waals surface area contributed by atoms with E-state index < -0.39 is 11.8 Å². The van der Waals surface area contributed by atoms with Crippen molar-refractivity contribution in [2.75, 3.05) is 11.9 Å². The maximum absolute atomic E-state index is 12.0. The third kappa shape index (κ3) is 7.95. The fourth-order valence-electron chi connectivity index (χ4n) is 2.72. The molecular weight excluding hydrogens is 420 g/mol. The molecule has 0 saturated carbocycles. The minimum atomic E-state index is -0.894. The van der Waals surface area contributed by atoms with Gasteiger partial charge >= 0.3 is 11.8 Å². The number of benzene rings is 3. The van der Waals surface area contributed by atoms with Crippen molar-refractivity contribution >= 4 is 29.6 Å². The van der Waals surface area contributed by atoms with Gasteiger partial charge in [-0.25, -0.2) is 5.43 Å². The Labute approximate surface area is 191 Å². The van der Waals surface area contributed by atoms with Crippen LogP contribution in [-0.2, 0) is 20.9 Å². The first-order chi connectivity index (χ1) is 16.0. The largest absolute Gasteiger partial charge is 0.484 e. The quantitative estimate of drug-likeness (QED) is 0.282. The Morgan fingerprint density at radius 1 is 0.909 bits per heavy atom. The Morgan fingerprint density at radius 3 is 2.42 bits per heavy atom. The molecular formula is C25H24N4O4. The molecule has 0 bridgehead atoms. The van der Waals surface area contributed by atoms with Crippen LogP contribution in [0, 0.1) is 6.92 Å². The number of nitrogens with one attached hydrogen (secondary N) is 3. The fraction of sp³-hybridized carbons (Fsp3) is 0.120. The monoisotopic (exact) mass is 444 g/mol. The summed E-state index contributed by atoms with van der Waals surface area (Å²) in [6.07, 6.45) is 1.37. The molecule has 0 aliphatic carbocycles. The summed E-state index contributed by atoms with van der Waals surface area (Å²) in [6.45, 7) is 2.21. The van der Waals surface area contributed by atoms with Gasteiger partial charge in [-0.3, -0.25) is 14.4 Å². The van der Waals surface area contributed by atoms with Gasteiger partial charge in [-0.1, -0.05) is 60.2 Å². The zero-order chi connectivity index (χ0) is 23.5. The molecule has 0 aliphatic rings. The van der Waals surface area contributed by atoms with Gasteiger partial charge < -0.3 is 15.4 Å². The van der Waals surface area contributed by atoms with Gasteiger partial charge in [-0.05, 0) is 42.3 Å². The van der Waals surface area contributed by atoms with E-state index in [0.717, 1.165) is 11.1 Å². The molecule has 0 heterocycles. The van der Waals surface area contributed by atoms with E-state index in [-0.39, 0.29) is 12.5 Å². The van der Waals surface area contributed by atoms with Crippen molar-refractivity contribution in [3.05, 3.63) is 95.6 Å². The van der Waals surface area contributed by atoms with Gasteiger partial charge in [-0.15, -0.1) is 0 Å².